The molecule has 2 N–H and O–H groups in total. The van der Waals surface area contributed by atoms with Gasteiger partial charge in [-0.15, -0.1) is 11.3 Å². The van der Waals surface area contributed by atoms with Crippen molar-refractivity contribution in [3.05, 3.63) is 44.3 Å². The highest BCUT2D eigenvalue weighted by Gasteiger charge is 2.09. The predicted molar refractivity (Wildman–Crippen MR) is 70.9 cm³/mol. The third-order valence-corrected chi connectivity index (χ3v) is 4.27. The second-order valence-electron chi connectivity index (χ2n) is 3.73. The molecule has 3 nitrogen and oxygen atoms in total. The number of thiophene rings is 2. The van der Waals surface area contributed by atoms with Gasteiger partial charge >= 0.3 is 5.97 Å². The van der Waals surface area contributed by atoms with Gasteiger partial charge in [0, 0.05) is 17.5 Å². The molecule has 0 saturated carbocycles. The van der Waals surface area contributed by atoms with Gasteiger partial charge in [-0.2, -0.15) is 11.3 Å². The average Bonchev–Trinajstić information content (AvgIpc) is 2.97. The van der Waals surface area contributed by atoms with Crippen molar-refractivity contribution in [1.82, 2.24) is 5.32 Å². The lowest BCUT2D eigenvalue weighted by molar-refractivity contribution is 0.0702. The van der Waals surface area contributed by atoms with Crippen LogP contribution in [0.1, 0.15) is 33.1 Å². The highest BCUT2D eigenvalue weighted by Crippen LogP contribution is 2.19. The quantitative estimate of drug-likeness (QED) is 0.873. The minimum absolute atomic E-state index is 0.289. The van der Waals surface area contributed by atoms with Crippen molar-refractivity contribution in [2.24, 2.45) is 0 Å². The van der Waals surface area contributed by atoms with E-state index in [1.54, 1.807) is 17.4 Å². The topological polar surface area (TPSA) is 49.3 Å². The minimum atomic E-state index is -0.855. The summed E-state index contributed by atoms with van der Waals surface area (Å²) in [5.41, 5.74) is 1.27. The zero-order valence-electron chi connectivity index (χ0n) is 9.34. The summed E-state index contributed by atoms with van der Waals surface area (Å²) < 4.78 is 0. The molecule has 1 atom stereocenters. The normalized spacial score (nSPS) is 12.5. The average molecular weight is 267 g/mol. The number of nitrogens with one attached hydrogen (secondary N) is 1. The Kier molecular flexibility index (Phi) is 3.93. The molecule has 90 valence electrons. The number of carboxylic acids is 1. The molecular formula is C12H13NO2S2. The highest BCUT2D eigenvalue weighted by molar-refractivity contribution is 7.13. The maximum Gasteiger partial charge on any atom is 0.345 e. The van der Waals surface area contributed by atoms with Crippen LogP contribution in [0.5, 0.6) is 0 Å². The Labute approximate surface area is 108 Å². The molecule has 0 saturated heterocycles. The van der Waals surface area contributed by atoms with E-state index in [4.69, 9.17) is 5.11 Å². The van der Waals surface area contributed by atoms with Crippen LogP contribution in [0, 0.1) is 0 Å². The molecule has 0 bridgehead atoms. The summed E-state index contributed by atoms with van der Waals surface area (Å²) in [7, 11) is 0. The van der Waals surface area contributed by atoms with E-state index < -0.39 is 5.97 Å². The van der Waals surface area contributed by atoms with Gasteiger partial charge < -0.3 is 10.4 Å². The Hall–Kier alpha value is -1.17. The van der Waals surface area contributed by atoms with E-state index in [1.165, 1.54) is 16.9 Å². The van der Waals surface area contributed by atoms with Gasteiger partial charge in [0.15, 0.2) is 0 Å². The van der Waals surface area contributed by atoms with E-state index in [1.807, 2.05) is 6.07 Å². The lowest BCUT2D eigenvalue weighted by Gasteiger charge is -2.11. The van der Waals surface area contributed by atoms with Crippen molar-refractivity contribution in [1.29, 1.82) is 0 Å². The number of hydrogen-bond acceptors (Lipinski definition) is 4. The maximum absolute atomic E-state index is 10.7. The first-order valence-corrected chi connectivity index (χ1v) is 7.00. The Balaban J connectivity index is 1.91. The third kappa shape index (κ3) is 3.15. The molecule has 0 aliphatic heterocycles. The smallest absolute Gasteiger partial charge is 0.345 e. The number of carbonyl (C=O) groups is 1. The number of carboxylic acid groups (broad SMARTS) is 1. The van der Waals surface area contributed by atoms with Crippen LogP contribution in [-0.2, 0) is 6.54 Å². The molecule has 17 heavy (non-hydrogen) atoms. The summed E-state index contributed by atoms with van der Waals surface area (Å²) in [5, 5.41) is 16.4. The van der Waals surface area contributed by atoms with Crippen molar-refractivity contribution < 1.29 is 9.90 Å². The molecule has 0 aliphatic carbocycles. The molecule has 0 radical (unpaired) electrons. The van der Waals surface area contributed by atoms with Crippen molar-refractivity contribution >= 4 is 28.6 Å². The fourth-order valence-electron chi connectivity index (χ4n) is 1.48. The van der Waals surface area contributed by atoms with Crippen LogP contribution in [0.15, 0.2) is 29.0 Å². The van der Waals surface area contributed by atoms with E-state index in [0.717, 1.165) is 4.88 Å². The van der Waals surface area contributed by atoms with Crippen molar-refractivity contribution in [2.45, 2.75) is 19.5 Å². The lowest BCUT2D eigenvalue weighted by atomic mass is 10.2. The van der Waals surface area contributed by atoms with E-state index in [9.17, 15) is 4.79 Å². The van der Waals surface area contributed by atoms with Gasteiger partial charge in [0.25, 0.3) is 0 Å². The van der Waals surface area contributed by atoms with E-state index in [2.05, 4.69) is 29.1 Å². The molecular weight excluding hydrogens is 254 g/mol. The molecule has 0 amide bonds. The maximum atomic E-state index is 10.7. The first kappa shape index (κ1) is 12.3. The van der Waals surface area contributed by atoms with Gasteiger partial charge in [-0.25, -0.2) is 4.79 Å². The van der Waals surface area contributed by atoms with Crippen LogP contribution in [0.3, 0.4) is 0 Å². The molecule has 2 aromatic rings. The molecule has 0 fully saturated rings. The molecule has 0 aromatic carbocycles. The Morgan fingerprint density at radius 1 is 1.47 bits per heavy atom. The van der Waals surface area contributed by atoms with Crippen molar-refractivity contribution in [2.75, 3.05) is 0 Å². The third-order valence-electron chi connectivity index (χ3n) is 2.50. The summed E-state index contributed by atoms with van der Waals surface area (Å²) >= 11 is 3.00. The zero-order chi connectivity index (χ0) is 12.3. The first-order valence-electron chi connectivity index (χ1n) is 5.24. The summed E-state index contributed by atoms with van der Waals surface area (Å²) in [6.45, 7) is 2.81. The van der Waals surface area contributed by atoms with Gasteiger partial charge in [0.1, 0.15) is 4.88 Å². The van der Waals surface area contributed by atoms with Crippen LogP contribution in [0.25, 0.3) is 0 Å². The molecule has 0 spiro atoms. The number of rotatable bonds is 5. The highest BCUT2D eigenvalue weighted by atomic mass is 32.1. The largest absolute Gasteiger partial charge is 0.477 e. The Morgan fingerprint density at radius 2 is 2.29 bits per heavy atom. The van der Waals surface area contributed by atoms with Crippen LogP contribution in [-0.4, -0.2) is 11.1 Å². The van der Waals surface area contributed by atoms with Gasteiger partial charge in [0.2, 0.25) is 0 Å². The van der Waals surface area contributed by atoms with Crippen LogP contribution in [0.4, 0.5) is 0 Å². The van der Waals surface area contributed by atoms with Gasteiger partial charge in [-0.3, -0.25) is 0 Å². The fraction of sp³-hybridized carbons (Fsp3) is 0.250. The van der Waals surface area contributed by atoms with Crippen molar-refractivity contribution in [3.8, 4) is 0 Å². The first-order chi connectivity index (χ1) is 8.16. The Bertz CT molecular complexity index is 490. The molecule has 2 rings (SSSR count). The SMILES string of the molecule is CC(NCc1ccc(C(=O)O)s1)c1ccsc1. The molecule has 2 heterocycles. The minimum Gasteiger partial charge on any atom is -0.477 e. The second-order valence-corrected chi connectivity index (χ2v) is 5.68. The molecule has 0 aliphatic rings. The lowest BCUT2D eigenvalue weighted by Crippen LogP contribution is -2.16. The zero-order valence-corrected chi connectivity index (χ0v) is 11.0. The van der Waals surface area contributed by atoms with Crippen LogP contribution >= 0.6 is 22.7 Å². The summed E-state index contributed by atoms with van der Waals surface area (Å²) in [6, 6.07) is 5.90. The number of hydrogen-bond donors (Lipinski definition) is 2. The fourth-order valence-corrected chi connectivity index (χ4v) is 3.03. The Morgan fingerprint density at radius 3 is 2.88 bits per heavy atom. The monoisotopic (exact) mass is 267 g/mol. The van der Waals surface area contributed by atoms with Gasteiger partial charge in [-0.05, 0) is 41.4 Å². The molecule has 2 aromatic heterocycles. The van der Waals surface area contributed by atoms with Crippen LogP contribution in [0.2, 0.25) is 0 Å². The number of aromatic carboxylic acids is 1. The predicted octanol–water partition coefficient (Wildman–Crippen LogP) is 3.36. The van der Waals surface area contributed by atoms with E-state index >= 15 is 0 Å². The van der Waals surface area contributed by atoms with Crippen LogP contribution < -0.4 is 5.32 Å². The second kappa shape index (κ2) is 5.44. The van der Waals surface area contributed by atoms with E-state index in [-0.39, 0.29) is 6.04 Å². The molecule has 5 heteroatoms. The van der Waals surface area contributed by atoms with Gasteiger partial charge in [-0.1, -0.05) is 0 Å². The summed E-state index contributed by atoms with van der Waals surface area (Å²) in [5.74, 6) is -0.855. The van der Waals surface area contributed by atoms with Gasteiger partial charge in [0.05, 0.1) is 0 Å². The standard InChI is InChI=1S/C12H13NO2S2/c1-8(9-4-5-16-7-9)13-6-10-2-3-11(17-10)12(14)15/h2-5,7-8,13H,6H2,1H3,(H,14,15). The summed E-state index contributed by atoms with van der Waals surface area (Å²) in [4.78, 5) is 12.2. The molecule has 1 unspecified atom stereocenters. The van der Waals surface area contributed by atoms with E-state index in [0.29, 0.717) is 11.4 Å². The summed E-state index contributed by atoms with van der Waals surface area (Å²) in [6.07, 6.45) is 0. The van der Waals surface area contributed by atoms with Crippen molar-refractivity contribution in [3.63, 3.8) is 0 Å².